The van der Waals surface area contributed by atoms with Gasteiger partial charge in [0.25, 0.3) is 5.91 Å². The van der Waals surface area contributed by atoms with Crippen molar-refractivity contribution >= 4 is 39.2 Å². The first-order chi connectivity index (χ1) is 14.8. The minimum absolute atomic E-state index is 0.0140. The third kappa shape index (κ3) is 6.12. The Kier molecular flexibility index (Phi) is 6.98. The minimum Gasteiger partial charge on any atom is -0.455 e. The molecule has 31 heavy (non-hydrogen) atoms. The van der Waals surface area contributed by atoms with Gasteiger partial charge in [0.2, 0.25) is 0 Å². The number of hydrogen-bond donors (Lipinski definition) is 3. The van der Waals surface area contributed by atoms with E-state index in [0.29, 0.717) is 15.9 Å². The highest BCUT2D eigenvalue weighted by Crippen LogP contribution is 2.30. The zero-order chi connectivity index (χ0) is 22.4. The van der Waals surface area contributed by atoms with Crippen LogP contribution in [-0.2, 0) is 0 Å². The third-order valence-corrected chi connectivity index (χ3v) is 4.24. The van der Waals surface area contributed by atoms with Gasteiger partial charge in [0, 0.05) is 16.4 Å². The first kappa shape index (κ1) is 22.0. The molecular formula is C20H15BrF2N4O4. The number of primary amides is 1. The Morgan fingerprint density at radius 1 is 1.03 bits per heavy atom. The van der Waals surface area contributed by atoms with Crippen LogP contribution in [0.4, 0.5) is 25.0 Å². The van der Waals surface area contributed by atoms with Crippen LogP contribution in [0.25, 0.3) is 0 Å². The summed E-state index contributed by atoms with van der Waals surface area (Å²) in [5, 5.41) is 5.01. The van der Waals surface area contributed by atoms with Gasteiger partial charge < -0.3 is 25.8 Å². The molecule has 11 heteroatoms. The van der Waals surface area contributed by atoms with Crippen molar-refractivity contribution in [2.24, 2.45) is 5.73 Å². The number of rotatable bonds is 7. The number of carbonyl (C=O) groups excluding carboxylic acids is 2. The van der Waals surface area contributed by atoms with E-state index in [1.165, 1.54) is 24.4 Å². The molecule has 0 aliphatic carbocycles. The van der Waals surface area contributed by atoms with Crippen molar-refractivity contribution in [2.45, 2.75) is 6.61 Å². The summed E-state index contributed by atoms with van der Waals surface area (Å²) in [7, 11) is 0. The molecule has 0 saturated carbocycles. The number of amides is 3. The molecule has 3 aromatic rings. The van der Waals surface area contributed by atoms with Crippen LogP contribution >= 0.6 is 15.9 Å². The number of alkyl halides is 2. The summed E-state index contributed by atoms with van der Waals surface area (Å²) in [4.78, 5) is 27.5. The second-order valence-corrected chi connectivity index (χ2v) is 6.85. The molecular weight excluding hydrogens is 478 g/mol. The highest BCUT2D eigenvalue weighted by Gasteiger charge is 2.14. The standard InChI is InChI=1S/C20H15BrF2N4O4/c21-11-3-8-15(31-19(22)23)14(10-11)27-20(29)26-12-4-6-13(7-5-12)30-16-2-1-9-25-17(16)18(24)28/h1-10,19H,(H2,24,28)(H2,26,27,29). The number of nitrogens with two attached hydrogens (primary N) is 1. The van der Waals surface area contributed by atoms with Crippen LogP contribution < -0.4 is 25.8 Å². The van der Waals surface area contributed by atoms with Crippen LogP contribution in [0.1, 0.15) is 10.5 Å². The number of ether oxygens (including phenoxy) is 2. The van der Waals surface area contributed by atoms with Crippen LogP contribution in [0.5, 0.6) is 17.2 Å². The van der Waals surface area contributed by atoms with Gasteiger partial charge >= 0.3 is 12.6 Å². The van der Waals surface area contributed by atoms with E-state index in [0.717, 1.165) is 0 Å². The van der Waals surface area contributed by atoms with Gasteiger partial charge in [-0.1, -0.05) is 15.9 Å². The lowest BCUT2D eigenvalue weighted by Gasteiger charge is -2.13. The Balaban J connectivity index is 1.66. The lowest BCUT2D eigenvalue weighted by molar-refractivity contribution is -0.0493. The normalized spacial score (nSPS) is 10.5. The Morgan fingerprint density at radius 3 is 2.45 bits per heavy atom. The largest absolute Gasteiger partial charge is 0.455 e. The van der Waals surface area contributed by atoms with Gasteiger partial charge in [-0.15, -0.1) is 0 Å². The Bertz CT molecular complexity index is 1100. The SMILES string of the molecule is NC(=O)c1ncccc1Oc1ccc(NC(=O)Nc2cc(Br)ccc2OC(F)F)cc1. The van der Waals surface area contributed by atoms with Crippen molar-refractivity contribution in [3.63, 3.8) is 0 Å². The van der Waals surface area contributed by atoms with E-state index < -0.39 is 18.5 Å². The monoisotopic (exact) mass is 492 g/mol. The smallest absolute Gasteiger partial charge is 0.387 e. The van der Waals surface area contributed by atoms with Crippen LogP contribution in [-0.4, -0.2) is 23.5 Å². The average Bonchev–Trinajstić information content (AvgIpc) is 2.71. The van der Waals surface area contributed by atoms with Gasteiger partial charge in [-0.25, -0.2) is 9.78 Å². The zero-order valence-corrected chi connectivity index (χ0v) is 17.2. The second-order valence-electron chi connectivity index (χ2n) is 5.94. The maximum absolute atomic E-state index is 12.5. The van der Waals surface area contributed by atoms with Gasteiger partial charge in [0.15, 0.2) is 11.4 Å². The van der Waals surface area contributed by atoms with E-state index in [1.54, 1.807) is 36.4 Å². The summed E-state index contributed by atoms with van der Waals surface area (Å²) in [5.41, 5.74) is 5.71. The molecule has 3 amide bonds. The molecule has 0 aliphatic heterocycles. The van der Waals surface area contributed by atoms with Crippen LogP contribution in [0.3, 0.4) is 0 Å². The number of urea groups is 1. The van der Waals surface area contributed by atoms with Crippen molar-refractivity contribution in [2.75, 3.05) is 10.6 Å². The first-order valence-electron chi connectivity index (χ1n) is 8.67. The number of nitrogens with zero attached hydrogens (tertiary/aromatic N) is 1. The molecule has 0 fully saturated rings. The fourth-order valence-electron chi connectivity index (χ4n) is 2.47. The number of nitrogens with one attached hydrogen (secondary N) is 2. The van der Waals surface area contributed by atoms with Gasteiger partial charge in [-0.3, -0.25) is 4.79 Å². The molecule has 0 bridgehead atoms. The number of aromatic nitrogens is 1. The summed E-state index contributed by atoms with van der Waals surface area (Å²) in [6.45, 7) is -3.03. The van der Waals surface area contributed by atoms with E-state index in [2.05, 4.69) is 36.3 Å². The number of benzene rings is 2. The first-order valence-corrected chi connectivity index (χ1v) is 9.46. The van der Waals surface area contributed by atoms with Gasteiger partial charge in [0.1, 0.15) is 11.5 Å². The van der Waals surface area contributed by atoms with Crippen LogP contribution in [0, 0.1) is 0 Å². The highest BCUT2D eigenvalue weighted by atomic mass is 79.9. The van der Waals surface area contributed by atoms with E-state index in [9.17, 15) is 18.4 Å². The van der Waals surface area contributed by atoms with Crippen molar-refractivity contribution in [3.8, 4) is 17.2 Å². The molecule has 0 radical (unpaired) electrons. The number of hydrogen-bond acceptors (Lipinski definition) is 5. The van der Waals surface area contributed by atoms with Crippen LogP contribution in [0.2, 0.25) is 0 Å². The van der Waals surface area contributed by atoms with Crippen molar-refractivity contribution in [1.82, 2.24) is 4.98 Å². The summed E-state index contributed by atoms with van der Waals surface area (Å²) in [6, 6.07) is 12.9. The number of pyridine rings is 1. The molecule has 0 saturated heterocycles. The molecule has 8 nitrogen and oxygen atoms in total. The van der Waals surface area contributed by atoms with Gasteiger partial charge in [-0.05, 0) is 54.6 Å². The molecule has 3 rings (SSSR count). The maximum atomic E-state index is 12.5. The summed E-state index contributed by atoms with van der Waals surface area (Å²) < 4.78 is 35.7. The number of halogens is 3. The van der Waals surface area contributed by atoms with E-state index >= 15 is 0 Å². The molecule has 0 spiro atoms. The fraction of sp³-hybridized carbons (Fsp3) is 0.0500. The molecule has 160 valence electrons. The average molecular weight is 493 g/mol. The molecule has 1 heterocycles. The van der Waals surface area contributed by atoms with E-state index in [-0.39, 0.29) is 22.9 Å². The topological polar surface area (TPSA) is 116 Å². The van der Waals surface area contributed by atoms with Gasteiger partial charge in [0.05, 0.1) is 5.69 Å². The fourth-order valence-corrected chi connectivity index (χ4v) is 2.84. The third-order valence-electron chi connectivity index (χ3n) is 3.75. The van der Waals surface area contributed by atoms with Crippen molar-refractivity contribution < 1.29 is 27.8 Å². The van der Waals surface area contributed by atoms with Gasteiger partial charge in [-0.2, -0.15) is 8.78 Å². The maximum Gasteiger partial charge on any atom is 0.387 e. The highest BCUT2D eigenvalue weighted by molar-refractivity contribution is 9.10. The molecule has 0 atom stereocenters. The summed E-state index contributed by atoms with van der Waals surface area (Å²) >= 11 is 3.21. The molecule has 1 aromatic heterocycles. The predicted octanol–water partition coefficient (Wildman–Crippen LogP) is 4.98. The Hall–Kier alpha value is -3.73. The lowest BCUT2D eigenvalue weighted by Crippen LogP contribution is -2.20. The second kappa shape index (κ2) is 9.85. The molecule has 0 unspecified atom stereocenters. The Morgan fingerprint density at radius 2 is 1.77 bits per heavy atom. The van der Waals surface area contributed by atoms with E-state index in [4.69, 9.17) is 10.5 Å². The lowest BCUT2D eigenvalue weighted by atomic mass is 10.3. The molecule has 4 N–H and O–H groups in total. The zero-order valence-electron chi connectivity index (χ0n) is 15.6. The number of anilines is 2. The molecule has 2 aromatic carbocycles. The molecule has 0 aliphatic rings. The predicted molar refractivity (Wildman–Crippen MR) is 113 cm³/mol. The van der Waals surface area contributed by atoms with E-state index in [1.807, 2.05) is 0 Å². The summed E-state index contributed by atoms with van der Waals surface area (Å²) in [6.07, 6.45) is 1.42. The quantitative estimate of drug-likeness (QED) is 0.430. The van der Waals surface area contributed by atoms with Crippen molar-refractivity contribution in [1.29, 1.82) is 0 Å². The summed E-state index contributed by atoms with van der Waals surface area (Å²) in [5.74, 6) is -0.345. The number of carbonyl (C=O) groups is 2. The minimum atomic E-state index is -3.03. The Labute approximate surface area is 183 Å². The van der Waals surface area contributed by atoms with Crippen molar-refractivity contribution in [3.05, 3.63) is 71.0 Å². The van der Waals surface area contributed by atoms with Crippen LogP contribution in [0.15, 0.2) is 65.3 Å².